The van der Waals surface area contributed by atoms with Gasteiger partial charge in [0.15, 0.2) is 0 Å². The number of hydrogen-bond donors (Lipinski definition) is 3. The topological polar surface area (TPSA) is 104 Å². The Kier molecular flexibility index (Phi) is 5.39. The molecule has 0 aliphatic heterocycles. The highest BCUT2D eigenvalue weighted by Crippen LogP contribution is 2.26. The summed E-state index contributed by atoms with van der Waals surface area (Å²) in [5, 5.41) is 20.5. The Balaban J connectivity index is 1.78. The molecule has 1 fully saturated rings. The number of carbonyl (C=O) groups is 2. The molecule has 11 heteroatoms. The number of nitrogens with zero attached hydrogens (tertiary/aromatic N) is 2. The fraction of sp³-hybridized carbons (Fsp3) is 0.667. The van der Waals surface area contributed by atoms with E-state index in [4.69, 9.17) is 5.11 Å². The molecule has 1 saturated carbocycles. The van der Waals surface area contributed by atoms with Crippen molar-refractivity contribution in [2.45, 2.75) is 44.3 Å². The normalized spacial score (nSPS) is 21.7. The Bertz CT molecular complexity index is 570. The Labute approximate surface area is 133 Å². The predicted octanol–water partition coefficient (Wildman–Crippen LogP) is 2.41. The van der Waals surface area contributed by atoms with E-state index in [1.165, 1.54) is 0 Å². The minimum atomic E-state index is -4.37. The van der Waals surface area contributed by atoms with E-state index in [-0.39, 0.29) is 22.1 Å². The molecular weight excluding hydrogens is 337 g/mol. The largest absolute Gasteiger partial charge is 0.481 e. The summed E-state index contributed by atoms with van der Waals surface area (Å²) in [5.41, 5.74) is 0. The van der Waals surface area contributed by atoms with Gasteiger partial charge in [-0.15, -0.1) is 10.2 Å². The molecule has 2 rings (SSSR count). The van der Waals surface area contributed by atoms with Crippen molar-refractivity contribution in [2.24, 2.45) is 5.92 Å². The van der Waals surface area contributed by atoms with Crippen molar-refractivity contribution < 1.29 is 27.9 Å². The molecule has 1 aromatic heterocycles. The number of amides is 2. The van der Waals surface area contributed by atoms with E-state index in [0.29, 0.717) is 37.0 Å². The van der Waals surface area contributed by atoms with E-state index in [1.54, 1.807) is 0 Å². The molecule has 0 bridgehead atoms. The van der Waals surface area contributed by atoms with Gasteiger partial charge in [-0.05, 0) is 25.7 Å². The first-order valence-electron chi connectivity index (χ1n) is 6.92. The Morgan fingerprint density at radius 1 is 1.22 bits per heavy atom. The van der Waals surface area contributed by atoms with Crippen LogP contribution in [0.3, 0.4) is 0 Å². The van der Waals surface area contributed by atoms with E-state index in [2.05, 4.69) is 20.8 Å². The molecule has 0 radical (unpaired) electrons. The van der Waals surface area contributed by atoms with Crippen LogP contribution in [0, 0.1) is 5.92 Å². The molecule has 3 N–H and O–H groups in total. The van der Waals surface area contributed by atoms with Crippen LogP contribution in [0.5, 0.6) is 0 Å². The van der Waals surface area contributed by atoms with Crippen molar-refractivity contribution in [2.75, 3.05) is 5.32 Å². The number of nitrogens with one attached hydrogen (secondary N) is 2. The van der Waals surface area contributed by atoms with Crippen molar-refractivity contribution in [1.29, 1.82) is 0 Å². The lowest BCUT2D eigenvalue weighted by atomic mass is 9.86. The Morgan fingerprint density at radius 3 is 2.43 bits per heavy atom. The summed E-state index contributed by atoms with van der Waals surface area (Å²) in [6.45, 7) is 0. The third-order valence-corrected chi connectivity index (χ3v) is 4.29. The zero-order valence-corrected chi connectivity index (χ0v) is 12.7. The van der Waals surface area contributed by atoms with E-state index >= 15 is 0 Å². The summed E-state index contributed by atoms with van der Waals surface area (Å²) in [6, 6.07) is -0.744. The van der Waals surface area contributed by atoms with Gasteiger partial charge in [-0.1, -0.05) is 11.3 Å². The summed E-state index contributed by atoms with van der Waals surface area (Å²) in [6.07, 6.45) is -3.52. The molecular formula is C12H15F3N4O3S. The average Bonchev–Trinajstić information content (AvgIpc) is 2.84. The summed E-state index contributed by atoms with van der Waals surface area (Å²) in [5.74, 6) is -1.22. The minimum Gasteiger partial charge on any atom is -0.481 e. The van der Waals surface area contributed by atoms with Crippen molar-refractivity contribution in [3.8, 4) is 0 Å². The lowest BCUT2D eigenvalue weighted by Gasteiger charge is -2.26. The van der Waals surface area contributed by atoms with Gasteiger partial charge in [0.1, 0.15) is 5.01 Å². The standard InChI is InChI=1S/C12H15F3N4O3S/c13-12(14,15)5-8-18-19-11(23-8)17-10(22)16-7-3-1-6(2-4-7)9(20)21/h6-7H,1-5H2,(H,20,21)(H2,16,17,19,22). The summed E-state index contributed by atoms with van der Waals surface area (Å²) < 4.78 is 36.6. The minimum absolute atomic E-state index is 0.0130. The van der Waals surface area contributed by atoms with Crippen LogP contribution in [-0.2, 0) is 11.2 Å². The van der Waals surface area contributed by atoms with Crippen molar-refractivity contribution >= 4 is 28.5 Å². The monoisotopic (exact) mass is 352 g/mol. The number of halogens is 3. The lowest BCUT2D eigenvalue weighted by Crippen LogP contribution is -2.40. The Hall–Kier alpha value is -1.91. The van der Waals surface area contributed by atoms with Crippen LogP contribution in [0.15, 0.2) is 0 Å². The second-order valence-electron chi connectivity index (χ2n) is 5.28. The fourth-order valence-electron chi connectivity index (χ4n) is 2.35. The van der Waals surface area contributed by atoms with E-state index < -0.39 is 24.6 Å². The number of urea groups is 1. The lowest BCUT2D eigenvalue weighted by molar-refractivity contribution is -0.142. The van der Waals surface area contributed by atoms with Crippen LogP contribution in [0.2, 0.25) is 0 Å². The maximum Gasteiger partial charge on any atom is 0.395 e. The molecule has 2 amide bonds. The predicted molar refractivity (Wildman–Crippen MR) is 75.2 cm³/mol. The second-order valence-corrected chi connectivity index (χ2v) is 6.34. The number of carboxylic acids is 1. The molecule has 1 aromatic rings. The zero-order valence-electron chi connectivity index (χ0n) is 11.9. The molecule has 0 aromatic carbocycles. The van der Waals surface area contributed by atoms with Crippen LogP contribution in [0.1, 0.15) is 30.7 Å². The first kappa shape index (κ1) is 17.4. The number of anilines is 1. The average molecular weight is 352 g/mol. The molecule has 0 spiro atoms. The second kappa shape index (κ2) is 7.11. The fourth-order valence-corrected chi connectivity index (χ4v) is 3.12. The molecule has 7 nitrogen and oxygen atoms in total. The number of carboxylic acid groups (broad SMARTS) is 1. The van der Waals surface area contributed by atoms with Gasteiger partial charge < -0.3 is 10.4 Å². The van der Waals surface area contributed by atoms with Crippen LogP contribution in [0.25, 0.3) is 0 Å². The first-order valence-corrected chi connectivity index (χ1v) is 7.74. The third kappa shape index (κ3) is 5.66. The molecule has 1 heterocycles. The van der Waals surface area contributed by atoms with Gasteiger partial charge in [0.05, 0.1) is 12.3 Å². The quantitative estimate of drug-likeness (QED) is 0.772. The van der Waals surface area contributed by atoms with Gasteiger partial charge in [-0.2, -0.15) is 13.2 Å². The Morgan fingerprint density at radius 2 is 1.87 bits per heavy atom. The van der Waals surface area contributed by atoms with Crippen LogP contribution < -0.4 is 10.6 Å². The van der Waals surface area contributed by atoms with Gasteiger partial charge in [-0.25, -0.2) is 4.79 Å². The summed E-state index contributed by atoms with van der Waals surface area (Å²) in [7, 11) is 0. The van der Waals surface area contributed by atoms with E-state index in [1.807, 2.05) is 0 Å². The van der Waals surface area contributed by atoms with Crippen molar-refractivity contribution in [1.82, 2.24) is 15.5 Å². The number of hydrogen-bond acceptors (Lipinski definition) is 5. The van der Waals surface area contributed by atoms with E-state index in [0.717, 1.165) is 0 Å². The first-order chi connectivity index (χ1) is 10.7. The smallest absolute Gasteiger partial charge is 0.395 e. The zero-order chi connectivity index (χ0) is 17.0. The maximum absolute atomic E-state index is 12.2. The molecule has 0 unspecified atom stereocenters. The molecule has 1 aliphatic carbocycles. The highest BCUT2D eigenvalue weighted by Gasteiger charge is 2.30. The highest BCUT2D eigenvalue weighted by molar-refractivity contribution is 7.15. The number of carbonyl (C=O) groups excluding carboxylic acids is 1. The molecule has 23 heavy (non-hydrogen) atoms. The maximum atomic E-state index is 12.2. The van der Waals surface area contributed by atoms with E-state index in [9.17, 15) is 22.8 Å². The molecule has 1 aliphatic rings. The van der Waals surface area contributed by atoms with Gasteiger partial charge in [0, 0.05) is 6.04 Å². The van der Waals surface area contributed by atoms with Crippen LogP contribution in [0.4, 0.5) is 23.1 Å². The van der Waals surface area contributed by atoms with Crippen molar-refractivity contribution in [3.63, 3.8) is 0 Å². The number of alkyl halides is 3. The number of aromatic nitrogens is 2. The number of rotatable bonds is 4. The SMILES string of the molecule is O=C(Nc1nnc(CC(F)(F)F)s1)NC1CCC(C(=O)O)CC1. The summed E-state index contributed by atoms with van der Waals surface area (Å²) >= 11 is 0.663. The van der Waals surface area contributed by atoms with Crippen molar-refractivity contribution in [3.05, 3.63) is 5.01 Å². The summed E-state index contributed by atoms with van der Waals surface area (Å²) in [4.78, 5) is 22.6. The van der Waals surface area contributed by atoms with Gasteiger partial charge in [0.2, 0.25) is 5.13 Å². The molecule has 0 saturated heterocycles. The third-order valence-electron chi connectivity index (χ3n) is 3.45. The number of aliphatic carboxylic acids is 1. The van der Waals surface area contributed by atoms with Gasteiger partial charge in [-0.3, -0.25) is 10.1 Å². The van der Waals surface area contributed by atoms with Gasteiger partial charge >= 0.3 is 18.2 Å². The van der Waals surface area contributed by atoms with Crippen LogP contribution in [-0.4, -0.2) is 39.5 Å². The molecule has 128 valence electrons. The van der Waals surface area contributed by atoms with Crippen LogP contribution >= 0.6 is 11.3 Å². The van der Waals surface area contributed by atoms with Gasteiger partial charge in [0.25, 0.3) is 0 Å². The molecule has 0 atom stereocenters. The highest BCUT2D eigenvalue weighted by atomic mass is 32.1.